The molecule has 0 bridgehead atoms. The molecule has 0 fully saturated rings. The third-order valence-corrected chi connectivity index (χ3v) is 6.47. The number of aromatic nitrogens is 2. The van der Waals surface area contributed by atoms with Crippen molar-refractivity contribution in [3.05, 3.63) is 101 Å². The molecule has 0 spiro atoms. The Morgan fingerprint density at radius 2 is 1.86 bits per heavy atom. The van der Waals surface area contributed by atoms with Gasteiger partial charge in [0.05, 0.1) is 23.9 Å². The minimum Gasteiger partial charge on any atom is -0.465 e. The second-order valence-corrected chi connectivity index (χ2v) is 9.15. The number of hydrogen-bond donors (Lipinski definition) is 0. The number of fused-ring (bicyclic) bond motifs is 1. The van der Waals surface area contributed by atoms with Gasteiger partial charge in [0.2, 0.25) is 5.78 Å². The van der Waals surface area contributed by atoms with Crippen LogP contribution in [0.1, 0.15) is 33.2 Å². The Morgan fingerprint density at radius 1 is 1.09 bits per heavy atom. The molecule has 35 heavy (non-hydrogen) atoms. The van der Waals surface area contributed by atoms with Crippen molar-refractivity contribution in [2.24, 2.45) is 0 Å². The Balaban J connectivity index is 1.56. The lowest BCUT2D eigenvalue weighted by atomic mass is 10.0. The zero-order chi connectivity index (χ0) is 24.4. The first-order valence-corrected chi connectivity index (χ1v) is 12.1. The van der Waals surface area contributed by atoms with Gasteiger partial charge in [-0.25, -0.2) is 9.48 Å². The van der Waals surface area contributed by atoms with E-state index in [0.717, 1.165) is 28.3 Å². The van der Waals surface area contributed by atoms with Crippen molar-refractivity contribution in [1.82, 2.24) is 9.78 Å². The molecule has 1 aliphatic rings. The number of ketones is 1. The summed E-state index contributed by atoms with van der Waals surface area (Å²) in [5.41, 5.74) is 3.94. The number of allylic oxidation sites excluding steroid dienone is 1. The summed E-state index contributed by atoms with van der Waals surface area (Å²) in [5.74, 6) is 0.783. The molecule has 174 valence electrons. The first kappa shape index (κ1) is 22.7. The lowest BCUT2D eigenvalue weighted by Crippen LogP contribution is -2.03. The van der Waals surface area contributed by atoms with Gasteiger partial charge in [-0.2, -0.15) is 5.10 Å². The fraction of sp³-hybridized carbons (Fsp3) is 0.107. The molecule has 0 unspecified atom stereocenters. The van der Waals surface area contributed by atoms with Gasteiger partial charge in [0.25, 0.3) is 0 Å². The quantitative estimate of drug-likeness (QED) is 0.189. The van der Waals surface area contributed by atoms with Gasteiger partial charge in [0, 0.05) is 22.2 Å². The van der Waals surface area contributed by atoms with Crippen LogP contribution in [-0.2, 0) is 4.74 Å². The van der Waals surface area contributed by atoms with Crippen LogP contribution in [0.15, 0.2) is 89.6 Å². The smallest absolute Gasteiger partial charge is 0.337 e. The summed E-state index contributed by atoms with van der Waals surface area (Å²) in [4.78, 5) is 26.2. The molecule has 1 aliphatic heterocycles. The number of rotatable bonds is 6. The number of para-hydroxylation sites is 1. The molecule has 2 heterocycles. The van der Waals surface area contributed by atoms with Gasteiger partial charge in [0.15, 0.2) is 5.76 Å². The van der Waals surface area contributed by atoms with Crippen molar-refractivity contribution < 1.29 is 19.1 Å². The molecule has 3 aromatic carbocycles. The molecule has 0 saturated carbocycles. The molecule has 1 aromatic heterocycles. The molecule has 5 rings (SSSR count). The van der Waals surface area contributed by atoms with Gasteiger partial charge < -0.3 is 9.47 Å². The molecule has 6 nitrogen and oxygen atoms in total. The monoisotopic (exact) mass is 482 g/mol. The van der Waals surface area contributed by atoms with Crippen molar-refractivity contribution in [3.8, 4) is 22.7 Å². The van der Waals surface area contributed by atoms with Crippen molar-refractivity contribution in [3.63, 3.8) is 0 Å². The Kier molecular flexibility index (Phi) is 6.25. The molecule has 0 atom stereocenters. The molecular formula is C28H22N2O4S. The molecule has 0 radical (unpaired) electrons. The highest BCUT2D eigenvalue weighted by Gasteiger charge is 2.29. The van der Waals surface area contributed by atoms with Crippen LogP contribution in [0, 0.1) is 0 Å². The van der Waals surface area contributed by atoms with E-state index in [2.05, 4.69) is 19.1 Å². The normalized spacial score (nSPS) is 13.5. The summed E-state index contributed by atoms with van der Waals surface area (Å²) >= 11 is 1.77. The zero-order valence-electron chi connectivity index (χ0n) is 19.2. The summed E-state index contributed by atoms with van der Waals surface area (Å²) in [6, 6.07) is 22.7. The van der Waals surface area contributed by atoms with E-state index in [0.29, 0.717) is 16.9 Å². The molecule has 4 aromatic rings. The van der Waals surface area contributed by atoms with E-state index >= 15 is 0 Å². The number of carbonyl (C=O) groups excluding carboxylic acids is 2. The maximum absolute atomic E-state index is 13.1. The maximum Gasteiger partial charge on any atom is 0.337 e. The van der Waals surface area contributed by atoms with Gasteiger partial charge in [-0.1, -0.05) is 37.3 Å². The van der Waals surface area contributed by atoms with E-state index in [1.165, 1.54) is 18.1 Å². The second kappa shape index (κ2) is 9.64. The SMILES string of the molecule is CCSc1ccc(-c2nn(-c3ccccc3)cc2/C=C2\Oc3ccc(C(=O)OC)cc3C2=O)cc1. The summed E-state index contributed by atoms with van der Waals surface area (Å²) in [7, 11) is 1.30. The average molecular weight is 483 g/mol. The molecule has 0 saturated heterocycles. The van der Waals surface area contributed by atoms with Crippen molar-refractivity contribution in [1.29, 1.82) is 0 Å². The first-order valence-electron chi connectivity index (χ1n) is 11.1. The predicted molar refractivity (Wildman–Crippen MR) is 136 cm³/mol. The highest BCUT2D eigenvalue weighted by atomic mass is 32.2. The second-order valence-electron chi connectivity index (χ2n) is 7.81. The van der Waals surface area contributed by atoms with Gasteiger partial charge in [-0.05, 0) is 54.3 Å². The number of benzene rings is 3. The number of nitrogens with zero attached hydrogens (tertiary/aromatic N) is 2. The highest BCUT2D eigenvalue weighted by Crippen LogP contribution is 2.35. The summed E-state index contributed by atoms with van der Waals surface area (Å²) in [5, 5.41) is 4.83. The Hall–Kier alpha value is -4.10. The average Bonchev–Trinajstić information content (AvgIpc) is 3.46. The lowest BCUT2D eigenvalue weighted by Gasteiger charge is -2.03. The van der Waals surface area contributed by atoms with Crippen LogP contribution in [0.3, 0.4) is 0 Å². The van der Waals surface area contributed by atoms with Crippen LogP contribution in [0.4, 0.5) is 0 Å². The number of thioether (sulfide) groups is 1. The Labute approximate surface area is 207 Å². The van der Waals surface area contributed by atoms with Crippen LogP contribution >= 0.6 is 11.8 Å². The summed E-state index contributed by atoms with van der Waals surface area (Å²) < 4.78 is 12.4. The fourth-order valence-electron chi connectivity index (χ4n) is 3.88. The molecule has 0 aliphatic carbocycles. The van der Waals surface area contributed by atoms with Gasteiger partial charge in [0.1, 0.15) is 11.4 Å². The molecule has 0 amide bonds. The van der Waals surface area contributed by atoms with E-state index in [-0.39, 0.29) is 11.5 Å². The van der Waals surface area contributed by atoms with Crippen LogP contribution in [-0.4, -0.2) is 34.4 Å². The zero-order valence-corrected chi connectivity index (χ0v) is 20.0. The third kappa shape index (κ3) is 4.50. The number of hydrogen-bond acceptors (Lipinski definition) is 6. The van der Waals surface area contributed by atoms with E-state index in [9.17, 15) is 9.59 Å². The van der Waals surface area contributed by atoms with Crippen LogP contribution in [0.5, 0.6) is 5.75 Å². The number of carbonyl (C=O) groups is 2. The fourth-order valence-corrected chi connectivity index (χ4v) is 4.54. The Bertz CT molecular complexity index is 1440. The van der Waals surface area contributed by atoms with E-state index in [4.69, 9.17) is 14.6 Å². The Morgan fingerprint density at radius 3 is 2.57 bits per heavy atom. The van der Waals surface area contributed by atoms with Gasteiger partial charge in [-0.15, -0.1) is 11.8 Å². The van der Waals surface area contributed by atoms with Crippen LogP contribution < -0.4 is 4.74 Å². The van der Waals surface area contributed by atoms with Gasteiger partial charge >= 0.3 is 5.97 Å². The standard InChI is InChI=1S/C28H22N2O4S/c1-3-35-22-12-9-18(10-13-22)26-20(17-30(29-26)21-7-5-4-6-8-21)16-25-27(31)23-15-19(28(32)33-2)11-14-24(23)34-25/h4-17H,3H2,1-2H3/b25-16-. The van der Waals surface area contributed by atoms with Gasteiger partial charge in [-0.3, -0.25) is 4.79 Å². The van der Waals surface area contributed by atoms with Crippen LogP contribution in [0.25, 0.3) is 23.0 Å². The number of Topliss-reactive ketones (excluding diaryl/α,β-unsaturated/α-hetero) is 1. The molecule has 0 N–H and O–H groups in total. The highest BCUT2D eigenvalue weighted by molar-refractivity contribution is 7.99. The van der Waals surface area contributed by atoms with Crippen molar-refractivity contribution in [2.45, 2.75) is 11.8 Å². The van der Waals surface area contributed by atoms with E-state index in [1.54, 1.807) is 34.7 Å². The van der Waals surface area contributed by atoms with Crippen molar-refractivity contribution in [2.75, 3.05) is 12.9 Å². The number of methoxy groups -OCH3 is 1. The number of ether oxygens (including phenoxy) is 2. The summed E-state index contributed by atoms with van der Waals surface area (Å²) in [6.45, 7) is 2.12. The van der Waals surface area contributed by atoms with E-state index < -0.39 is 5.97 Å². The first-order chi connectivity index (χ1) is 17.1. The number of esters is 1. The van der Waals surface area contributed by atoms with E-state index in [1.807, 2.05) is 48.7 Å². The maximum atomic E-state index is 13.1. The topological polar surface area (TPSA) is 70.4 Å². The molecule has 7 heteroatoms. The molecular weight excluding hydrogens is 460 g/mol. The summed E-state index contributed by atoms with van der Waals surface area (Å²) in [6.07, 6.45) is 3.59. The largest absolute Gasteiger partial charge is 0.465 e. The predicted octanol–water partition coefficient (Wildman–Crippen LogP) is 6.05. The minimum absolute atomic E-state index is 0.175. The lowest BCUT2D eigenvalue weighted by molar-refractivity contribution is 0.0600. The minimum atomic E-state index is -0.505. The third-order valence-electron chi connectivity index (χ3n) is 5.58. The van der Waals surface area contributed by atoms with Crippen molar-refractivity contribution >= 4 is 29.6 Å². The van der Waals surface area contributed by atoms with Crippen LogP contribution in [0.2, 0.25) is 0 Å².